The number of hydrogen-bond acceptors (Lipinski definition) is 7. The Morgan fingerprint density at radius 3 is 2.80 bits per heavy atom. The number of benzene rings is 2. The van der Waals surface area contributed by atoms with E-state index in [1.165, 1.54) is 6.07 Å². The number of anilines is 1. The third-order valence-electron chi connectivity index (χ3n) is 10.9. The summed E-state index contributed by atoms with van der Waals surface area (Å²) in [5, 5.41) is 5.75. The maximum absolute atomic E-state index is 17.0. The molecule has 0 aliphatic carbocycles. The second-order valence-corrected chi connectivity index (χ2v) is 13.6. The number of aryl methyl sites for hydroxylation is 1. The monoisotopic (exact) mass is 616 g/mol. The third-order valence-corrected chi connectivity index (χ3v) is 10.9. The van der Waals surface area contributed by atoms with Crippen LogP contribution in [-0.2, 0) is 6.42 Å². The Morgan fingerprint density at radius 1 is 1.09 bits per heavy atom. The minimum Gasteiger partial charge on any atom is -0.461 e. The predicted octanol–water partition coefficient (Wildman–Crippen LogP) is 6.14. The van der Waals surface area contributed by atoms with Gasteiger partial charge < -0.3 is 15.0 Å². The number of rotatable bonds is 5. The summed E-state index contributed by atoms with van der Waals surface area (Å²) in [6.45, 7) is 9.12. The molecule has 6 heterocycles. The molecule has 7 nitrogen and oxygen atoms in total. The van der Waals surface area contributed by atoms with E-state index in [4.69, 9.17) is 19.7 Å². The summed E-state index contributed by atoms with van der Waals surface area (Å²) in [4.78, 5) is 19.2. The van der Waals surface area contributed by atoms with Gasteiger partial charge in [0.25, 0.3) is 0 Å². The number of nitrogens with zero attached hydrogens (tertiary/aromatic N) is 5. The molecule has 0 bridgehead atoms. The summed E-state index contributed by atoms with van der Waals surface area (Å²) < 4.78 is 52.7. The molecule has 5 atom stereocenters. The van der Waals surface area contributed by atoms with Crippen molar-refractivity contribution >= 4 is 27.5 Å². The summed E-state index contributed by atoms with van der Waals surface area (Å²) in [6.07, 6.45) is 2.96. The second-order valence-electron chi connectivity index (χ2n) is 13.6. The third kappa shape index (κ3) is 4.58. The number of nitrogens with one attached hydrogen (secondary N) is 1. The molecular formula is C35H39F3N6O. The van der Waals surface area contributed by atoms with E-state index in [2.05, 4.69) is 29.0 Å². The topological polar surface area (TPSA) is 66.4 Å². The lowest BCUT2D eigenvalue weighted by atomic mass is 9.93. The Kier molecular flexibility index (Phi) is 6.94. The Morgan fingerprint density at radius 2 is 1.96 bits per heavy atom. The zero-order chi connectivity index (χ0) is 31.0. The first-order valence-electron chi connectivity index (χ1n) is 16.4. The van der Waals surface area contributed by atoms with Crippen molar-refractivity contribution in [2.45, 2.75) is 76.7 Å². The van der Waals surface area contributed by atoms with Gasteiger partial charge in [0.2, 0.25) is 0 Å². The fraction of sp³-hybridized carbons (Fsp3) is 0.514. The van der Waals surface area contributed by atoms with E-state index in [1.807, 2.05) is 12.1 Å². The molecule has 8 rings (SSSR count). The summed E-state index contributed by atoms with van der Waals surface area (Å²) in [5.74, 6) is -0.0775. The molecule has 236 valence electrons. The molecule has 0 amide bonds. The van der Waals surface area contributed by atoms with Crippen LogP contribution in [0.15, 0.2) is 30.3 Å². The van der Waals surface area contributed by atoms with E-state index in [1.54, 1.807) is 19.1 Å². The van der Waals surface area contributed by atoms with Crippen molar-refractivity contribution in [2.24, 2.45) is 5.92 Å². The molecule has 10 heteroatoms. The van der Waals surface area contributed by atoms with E-state index >= 15 is 4.39 Å². The van der Waals surface area contributed by atoms with Gasteiger partial charge in [0.1, 0.15) is 35.6 Å². The normalized spacial score (nSPS) is 28.0. The van der Waals surface area contributed by atoms with E-state index in [0.717, 1.165) is 50.0 Å². The van der Waals surface area contributed by atoms with Crippen molar-refractivity contribution in [3.05, 3.63) is 53.2 Å². The fourth-order valence-corrected chi connectivity index (χ4v) is 8.49. The molecule has 1 N–H and O–H groups in total. The Bertz CT molecular complexity index is 1820. The van der Waals surface area contributed by atoms with Crippen LogP contribution in [0.25, 0.3) is 32.9 Å². The molecule has 4 aliphatic heterocycles. The van der Waals surface area contributed by atoms with Crippen molar-refractivity contribution in [3.63, 3.8) is 0 Å². The van der Waals surface area contributed by atoms with Gasteiger partial charge in [-0.05, 0) is 67.5 Å². The first-order chi connectivity index (χ1) is 21.8. The number of aromatic nitrogens is 3. The molecule has 0 spiro atoms. The molecule has 0 radical (unpaired) electrons. The molecule has 0 saturated carbocycles. The van der Waals surface area contributed by atoms with Gasteiger partial charge in [-0.3, -0.25) is 4.90 Å². The van der Waals surface area contributed by atoms with Crippen molar-refractivity contribution in [1.29, 1.82) is 0 Å². The van der Waals surface area contributed by atoms with Crippen LogP contribution in [0.3, 0.4) is 0 Å². The van der Waals surface area contributed by atoms with Crippen LogP contribution in [0.2, 0.25) is 0 Å². The van der Waals surface area contributed by atoms with Gasteiger partial charge in [-0.15, -0.1) is 0 Å². The highest BCUT2D eigenvalue weighted by Gasteiger charge is 2.49. The van der Waals surface area contributed by atoms with E-state index < -0.39 is 12.0 Å². The van der Waals surface area contributed by atoms with Crippen LogP contribution in [0.5, 0.6) is 6.01 Å². The summed E-state index contributed by atoms with van der Waals surface area (Å²) in [7, 11) is 0. The van der Waals surface area contributed by atoms with Gasteiger partial charge in [0.05, 0.1) is 16.6 Å². The quantitative estimate of drug-likeness (QED) is 0.289. The van der Waals surface area contributed by atoms with E-state index in [9.17, 15) is 8.78 Å². The number of ether oxygens (including phenoxy) is 1. The average molecular weight is 617 g/mol. The molecule has 4 aromatic rings. The van der Waals surface area contributed by atoms with Gasteiger partial charge >= 0.3 is 6.01 Å². The number of piperazine rings is 1. The number of alkyl halides is 1. The fourth-order valence-electron chi connectivity index (χ4n) is 8.49. The maximum atomic E-state index is 17.0. The van der Waals surface area contributed by atoms with Crippen molar-refractivity contribution in [2.75, 3.05) is 37.7 Å². The molecule has 3 saturated heterocycles. The lowest BCUT2D eigenvalue weighted by Crippen LogP contribution is -2.58. The highest BCUT2D eigenvalue weighted by atomic mass is 19.1. The van der Waals surface area contributed by atoms with Gasteiger partial charge in [-0.2, -0.15) is 9.97 Å². The van der Waals surface area contributed by atoms with Crippen molar-refractivity contribution in [1.82, 2.24) is 25.2 Å². The van der Waals surface area contributed by atoms with Crippen LogP contribution in [0.1, 0.15) is 50.8 Å². The van der Waals surface area contributed by atoms with Crippen LogP contribution >= 0.6 is 0 Å². The minimum absolute atomic E-state index is 0.100. The molecule has 3 fully saturated rings. The smallest absolute Gasteiger partial charge is 0.319 e. The molecule has 0 unspecified atom stereocenters. The highest BCUT2D eigenvalue weighted by Crippen LogP contribution is 2.43. The predicted molar refractivity (Wildman–Crippen MR) is 170 cm³/mol. The van der Waals surface area contributed by atoms with Crippen molar-refractivity contribution in [3.8, 4) is 17.3 Å². The molecule has 2 aromatic heterocycles. The van der Waals surface area contributed by atoms with E-state index in [-0.39, 0.29) is 53.2 Å². The Hall–Kier alpha value is -3.50. The van der Waals surface area contributed by atoms with Crippen LogP contribution in [0.4, 0.5) is 19.0 Å². The number of halogens is 3. The molecule has 4 aliphatic rings. The first kappa shape index (κ1) is 28.9. The largest absolute Gasteiger partial charge is 0.461 e. The zero-order valence-corrected chi connectivity index (χ0v) is 26.0. The lowest BCUT2D eigenvalue weighted by Gasteiger charge is -2.42. The molecular weight excluding hydrogens is 577 g/mol. The number of fused-ring (bicyclic) bond motifs is 4. The Balaban J connectivity index is 1.32. The van der Waals surface area contributed by atoms with Gasteiger partial charge in [-0.1, -0.05) is 38.1 Å². The summed E-state index contributed by atoms with van der Waals surface area (Å²) in [6, 6.07) is 9.21. The molecule has 2 aromatic carbocycles. The standard InChI is InChI=1S/C35H39F3N6O/c1-4-23-17-44-27(15-39-23)19(2)13-26-29-32(30(38)31(40-26)24-8-5-7-21-9-10-25(37)20(3)28(21)24)41-34(42-33(29)44)45-18-35-11-6-12-43(35)16-22(36)14-35/h5,7-10,19,22-23,27,39H,4,6,11-18H2,1-3H3/t19-,22+,23+,27-,35-/m0/s1. The summed E-state index contributed by atoms with van der Waals surface area (Å²) >= 11 is 0. The summed E-state index contributed by atoms with van der Waals surface area (Å²) in [5.41, 5.74) is 1.65. The van der Waals surface area contributed by atoms with Gasteiger partial charge in [0, 0.05) is 43.7 Å². The van der Waals surface area contributed by atoms with Gasteiger partial charge in [-0.25, -0.2) is 18.2 Å². The molecule has 45 heavy (non-hydrogen) atoms. The number of hydrogen-bond donors (Lipinski definition) is 1. The Labute approximate surface area is 261 Å². The van der Waals surface area contributed by atoms with Crippen LogP contribution in [-0.4, -0.2) is 76.4 Å². The van der Waals surface area contributed by atoms with Crippen LogP contribution < -0.4 is 15.0 Å². The second kappa shape index (κ2) is 10.8. The average Bonchev–Trinajstić information content (AvgIpc) is 3.54. The number of pyridine rings is 1. The minimum atomic E-state index is -0.882. The van der Waals surface area contributed by atoms with Crippen molar-refractivity contribution < 1.29 is 17.9 Å². The van der Waals surface area contributed by atoms with E-state index in [0.29, 0.717) is 47.1 Å². The maximum Gasteiger partial charge on any atom is 0.319 e. The SMILES string of the molecule is CC[C@@H]1CN2c3nc(OC[C@@]45CCCN4C[C@H](F)C5)nc4c(F)c(-c5cccc6ccc(F)c(C)c56)nc(c34)C[C@H](C)[C@@H]2CN1. The van der Waals surface area contributed by atoms with Crippen LogP contribution in [0, 0.1) is 24.5 Å². The first-order valence-corrected chi connectivity index (χ1v) is 16.4. The lowest BCUT2D eigenvalue weighted by molar-refractivity contribution is 0.107. The highest BCUT2D eigenvalue weighted by molar-refractivity contribution is 6.01. The zero-order valence-electron chi connectivity index (χ0n) is 26.0. The van der Waals surface area contributed by atoms with Gasteiger partial charge in [0.15, 0.2) is 5.82 Å².